The van der Waals surface area contributed by atoms with Gasteiger partial charge in [-0.1, -0.05) is 0 Å². The number of carbonyl (C=O) groups excluding carboxylic acids is 1. The summed E-state index contributed by atoms with van der Waals surface area (Å²) in [6, 6.07) is 1.94. The zero-order valence-corrected chi connectivity index (χ0v) is 11.9. The summed E-state index contributed by atoms with van der Waals surface area (Å²) in [5.74, 6) is -0.365. The highest BCUT2D eigenvalue weighted by Crippen LogP contribution is 2.38. The highest BCUT2D eigenvalue weighted by Gasteiger charge is 2.39. The number of esters is 1. The molecular weight excluding hydrogens is 236 g/mol. The molecule has 96 valence electrons. The van der Waals surface area contributed by atoms with E-state index in [1.165, 1.54) is 0 Å². The average molecular weight is 256 g/mol. The lowest BCUT2D eigenvalue weighted by atomic mass is 9.83. The van der Waals surface area contributed by atoms with Crippen molar-refractivity contribution in [1.82, 2.24) is 0 Å². The topological polar surface area (TPSA) is 46.5 Å². The van der Waals surface area contributed by atoms with Gasteiger partial charge >= 0.3 is 5.97 Å². The molecule has 4 heteroatoms. The first-order chi connectivity index (χ1) is 7.80. The second-order valence-electron chi connectivity index (χ2n) is 4.71. The van der Waals surface area contributed by atoms with Crippen LogP contribution in [0.25, 0.3) is 0 Å². The summed E-state index contributed by atoms with van der Waals surface area (Å²) in [7, 11) is 0. The Labute approximate surface area is 106 Å². The molecule has 0 saturated carbocycles. The van der Waals surface area contributed by atoms with E-state index in [0.29, 0.717) is 6.61 Å². The maximum Gasteiger partial charge on any atom is 0.314 e. The van der Waals surface area contributed by atoms with Gasteiger partial charge in [-0.05, 0) is 46.2 Å². The number of ether oxygens (including phenoxy) is 1. The Morgan fingerprint density at radius 2 is 2.12 bits per heavy atom. The van der Waals surface area contributed by atoms with Crippen molar-refractivity contribution in [3.05, 3.63) is 21.4 Å². The lowest BCUT2D eigenvalue weighted by Crippen LogP contribution is -2.33. The van der Waals surface area contributed by atoms with Crippen LogP contribution < -0.4 is 0 Å². The smallest absolute Gasteiger partial charge is 0.314 e. The third-order valence-corrected chi connectivity index (χ3v) is 3.84. The quantitative estimate of drug-likeness (QED) is 0.842. The minimum absolute atomic E-state index is 0.330. The molecule has 3 nitrogen and oxygen atoms in total. The average Bonchev–Trinajstić information content (AvgIpc) is 2.56. The van der Waals surface area contributed by atoms with Gasteiger partial charge in [-0.15, -0.1) is 11.3 Å². The number of aryl methyl sites for hydroxylation is 2. The van der Waals surface area contributed by atoms with Gasteiger partial charge in [0, 0.05) is 9.75 Å². The van der Waals surface area contributed by atoms with Crippen molar-refractivity contribution in [1.29, 1.82) is 0 Å². The molecule has 1 atom stereocenters. The molecule has 17 heavy (non-hydrogen) atoms. The first kappa shape index (κ1) is 14.2. The minimum Gasteiger partial charge on any atom is -0.465 e. The number of thiophene rings is 1. The summed E-state index contributed by atoms with van der Waals surface area (Å²) in [5.41, 5.74) is -0.0978. The van der Waals surface area contributed by atoms with E-state index in [1.807, 2.05) is 19.9 Å². The van der Waals surface area contributed by atoms with Crippen LogP contribution in [0.5, 0.6) is 0 Å². The van der Waals surface area contributed by atoms with Crippen LogP contribution in [-0.2, 0) is 9.53 Å². The van der Waals surface area contributed by atoms with Gasteiger partial charge in [0.15, 0.2) is 0 Å². The Bertz CT molecular complexity index is 407. The van der Waals surface area contributed by atoms with Gasteiger partial charge in [0.05, 0.1) is 18.1 Å². The summed E-state index contributed by atoms with van der Waals surface area (Å²) in [5, 5.41) is 10.3. The van der Waals surface area contributed by atoms with Gasteiger partial charge in [0.1, 0.15) is 0 Å². The van der Waals surface area contributed by atoms with Crippen molar-refractivity contribution in [2.75, 3.05) is 6.61 Å². The molecule has 1 aromatic heterocycles. The fraction of sp³-hybridized carbons (Fsp3) is 0.615. The molecule has 1 heterocycles. The number of hydrogen-bond donors (Lipinski definition) is 1. The Balaban J connectivity index is 2.99. The molecule has 0 amide bonds. The van der Waals surface area contributed by atoms with Gasteiger partial charge in [-0.2, -0.15) is 0 Å². The Kier molecular flexibility index (Phi) is 4.33. The fourth-order valence-electron chi connectivity index (χ4n) is 1.74. The van der Waals surface area contributed by atoms with E-state index < -0.39 is 11.5 Å². The molecule has 1 N–H and O–H groups in total. The standard InChI is InChI=1S/C13H20O3S/c1-6-16-12(15)13(4,5)11(14)10-7-8(2)17-9(10)3/h7,11,14H,6H2,1-5H3. The molecule has 0 spiro atoms. The first-order valence-electron chi connectivity index (χ1n) is 5.73. The highest BCUT2D eigenvalue weighted by molar-refractivity contribution is 7.12. The van der Waals surface area contributed by atoms with Crippen molar-refractivity contribution < 1.29 is 14.6 Å². The maximum absolute atomic E-state index is 11.8. The van der Waals surface area contributed by atoms with Crippen molar-refractivity contribution in [2.45, 2.75) is 40.7 Å². The van der Waals surface area contributed by atoms with Crippen molar-refractivity contribution in [3.63, 3.8) is 0 Å². The molecule has 0 aliphatic heterocycles. The first-order valence-corrected chi connectivity index (χ1v) is 6.54. The largest absolute Gasteiger partial charge is 0.465 e. The molecule has 1 unspecified atom stereocenters. The Morgan fingerprint density at radius 1 is 1.53 bits per heavy atom. The van der Waals surface area contributed by atoms with Gasteiger partial charge in [-0.3, -0.25) is 4.79 Å². The van der Waals surface area contributed by atoms with Crippen LogP contribution in [0.3, 0.4) is 0 Å². The van der Waals surface area contributed by atoms with Crippen LogP contribution in [0.15, 0.2) is 6.07 Å². The molecule has 1 aromatic rings. The predicted octanol–water partition coefficient (Wildman–Crippen LogP) is 2.99. The molecule has 0 bridgehead atoms. The highest BCUT2D eigenvalue weighted by atomic mass is 32.1. The van der Waals surface area contributed by atoms with Crippen molar-refractivity contribution in [2.24, 2.45) is 5.41 Å². The number of carbonyl (C=O) groups is 1. The molecule has 0 saturated heterocycles. The second-order valence-corrected chi connectivity index (χ2v) is 6.17. The van der Waals surface area contributed by atoms with E-state index in [0.717, 1.165) is 15.3 Å². The molecule has 0 fully saturated rings. The lowest BCUT2D eigenvalue weighted by Gasteiger charge is -2.28. The van der Waals surface area contributed by atoms with Gasteiger partial charge in [0.25, 0.3) is 0 Å². The van der Waals surface area contributed by atoms with Crippen LogP contribution in [0.4, 0.5) is 0 Å². The van der Waals surface area contributed by atoms with E-state index in [9.17, 15) is 9.90 Å². The summed E-state index contributed by atoms with van der Waals surface area (Å²) in [6.07, 6.45) is -0.827. The Hall–Kier alpha value is -0.870. The van der Waals surface area contributed by atoms with Crippen molar-refractivity contribution in [3.8, 4) is 0 Å². The number of aliphatic hydroxyl groups is 1. The van der Waals surface area contributed by atoms with E-state index in [1.54, 1.807) is 32.1 Å². The summed E-state index contributed by atoms with van der Waals surface area (Å²) in [4.78, 5) is 14.0. The van der Waals surface area contributed by atoms with Gasteiger partial charge < -0.3 is 9.84 Å². The molecule has 1 rings (SSSR count). The normalized spacial score (nSPS) is 13.5. The Morgan fingerprint density at radius 3 is 2.53 bits per heavy atom. The molecule has 0 radical (unpaired) electrons. The van der Waals surface area contributed by atoms with Crippen LogP contribution in [0.2, 0.25) is 0 Å². The molecule has 0 aliphatic carbocycles. The predicted molar refractivity (Wildman–Crippen MR) is 69.2 cm³/mol. The number of aliphatic hydroxyl groups excluding tert-OH is 1. The second kappa shape index (κ2) is 5.19. The summed E-state index contributed by atoms with van der Waals surface area (Å²) < 4.78 is 5.00. The molecular formula is C13H20O3S. The monoisotopic (exact) mass is 256 g/mol. The van der Waals surface area contributed by atoms with E-state index in [4.69, 9.17) is 4.74 Å². The number of rotatable bonds is 4. The SMILES string of the molecule is CCOC(=O)C(C)(C)C(O)c1cc(C)sc1C. The molecule has 0 aromatic carbocycles. The van der Waals surface area contributed by atoms with E-state index in [2.05, 4.69) is 0 Å². The van der Waals surface area contributed by atoms with E-state index in [-0.39, 0.29) is 5.97 Å². The van der Waals surface area contributed by atoms with Crippen LogP contribution in [0, 0.1) is 19.3 Å². The van der Waals surface area contributed by atoms with Gasteiger partial charge in [0.2, 0.25) is 0 Å². The van der Waals surface area contributed by atoms with Crippen LogP contribution in [-0.4, -0.2) is 17.7 Å². The summed E-state index contributed by atoms with van der Waals surface area (Å²) >= 11 is 1.63. The fourth-order valence-corrected chi connectivity index (χ4v) is 2.70. The zero-order valence-electron chi connectivity index (χ0n) is 11.0. The van der Waals surface area contributed by atoms with E-state index >= 15 is 0 Å². The van der Waals surface area contributed by atoms with Crippen LogP contribution >= 0.6 is 11.3 Å². The lowest BCUT2D eigenvalue weighted by molar-refractivity contribution is -0.160. The summed E-state index contributed by atoms with van der Waals surface area (Å²) in [6.45, 7) is 9.46. The number of hydrogen-bond acceptors (Lipinski definition) is 4. The minimum atomic E-state index is -0.922. The van der Waals surface area contributed by atoms with Crippen molar-refractivity contribution >= 4 is 17.3 Å². The van der Waals surface area contributed by atoms with Gasteiger partial charge in [-0.25, -0.2) is 0 Å². The molecule has 0 aliphatic rings. The van der Waals surface area contributed by atoms with Crippen LogP contribution in [0.1, 0.15) is 42.2 Å². The third-order valence-electron chi connectivity index (χ3n) is 2.86. The maximum atomic E-state index is 11.8. The third kappa shape index (κ3) is 2.87. The zero-order chi connectivity index (χ0) is 13.2.